The van der Waals surface area contributed by atoms with E-state index < -0.39 is 11.7 Å². The first-order valence-corrected chi connectivity index (χ1v) is 6.58. The molecule has 20 heavy (non-hydrogen) atoms. The van der Waals surface area contributed by atoms with E-state index in [9.17, 15) is 13.2 Å². The van der Waals surface area contributed by atoms with E-state index in [1.807, 2.05) is 0 Å². The first-order chi connectivity index (χ1) is 9.38. The highest BCUT2D eigenvalue weighted by Gasteiger charge is 2.31. The van der Waals surface area contributed by atoms with Crippen LogP contribution in [0.25, 0.3) is 0 Å². The maximum Gasteiger partial charge on any atom is 0.416 e. The van der Waals surface area contributed by atoms with Crippen LogP contribution >= 0.6 is 11.6 Å². The first-order valence-electron chi connectivity index (χ1n) is 6.20. The molecule has 3 nitrogen and oxygen atoms in total. The van der Waals surface area contributed by atoms with Gasteiger partial charge in [-0.3, -0.25) is 0 Å². The van der Waals surface area contributed by atoms with Crippen molar-refractivity contribution in [1.29, 1.82) is 0 Å². The van der Waals surface area contributed by atoms with Gasteiger partial charge in [0.25, 0.3) is 0 Å². The van der Waals surface area contributed by atoms with Gasteiger partial charge in [-0.05, 0) is 37.6 Å². The van der Waals surface area contributed by atoms with E-state index in [1.165, 1.54) is 13.2 Å². The third kappa shape index (κ3) is 5.19. The standard InChI is InChI=1S/C13H18ClF3N2O/c1-20-8-10(3-2-6-18)19-12-7-9(13(15,16)17)4-5-11(12)14/h4-5,7,10,19H,2-3,6,8,18H2,1H3. The molecule has 1 aromatic carbocycles. The molecule has 0 saturated carbocycles. The van der Waals surface area contributed by atoms with Crippen molar-refractivity contribution in [2.24, 2.45) is 5.73 Å². The fourth-order valence-electron chi connectivity index (χ4n) is 1.79. The lowest BCUT2D eigenvalue weighted by Gasteiger charge is -2.20. The zero-order valence-corrected chi connectivity index (χ0v) is 11.9. The van der Waals surface area contributed by atoms with Gasteiger partial charge in [-0.1, -0.05) is 11.6 Å². The summed E-state index contributed by atoms with van der Waals surface area (Å²) in [5, 5.41) is 3.23. The highest BCUT2D eigenvalue weighted by Crippen LogP contribution is 2.34. The normalized spacial score (nSPS) is 13.3. The van der Waals surface area contributed by atoms with Gasteiger partial charge in [0.05, 0.1) is 22.9 Å². The number of ether oxygens (including phenoxy) is 1. The molecule has 0 saturated heterocycles. The van der Waals surface area contributed by atoms with Crippen LogP contribution in [0.5, 0.6) is 0 Å². The van der Waals surface area contributed by atoms with E-state index >= 15 is 0 Å². The number of methoxy groups -OCH3 is 1. The minimum atomic E-state index is -4.39. The summed E-state index contributed by atoms with van der Waals surface area (Å²) in [6.07, 6.45) is -2.95. The lowest BCUT2D eigenvalue weighted by atomic mass is 10.1. The molecule has 1 rings (SSSR count). The smallest absolute Gasteiger partial charge is 0.383 e. The fraction of sp³-hybridized carbons (Fsp3) is 0.538. The number of rotatable bonds is 7. The van der Waals surface area contributed by atoms with E-state index in [0.29, 0.717) is 19.6 Å². The van der Waals surface area contributed by atoms with Crippen molar-refractivity contribution >= 4 is 17.3 Å². The Kier molecular flexibility index (Phi) is 6.58. The number of nitrogens with one attached hydrogen (secondary N) is 1. The number of hydrogen-bond acceptors (Lipinski definition) is 3. The molecule has 0 aliphatic rings. The van der Waals surface area contributed by atoms with Gasteiger partial charge in [0.15, 0.2) is 0 Å². The van der Waals surface area contributed by atoms with Crippen LogP contribution in [0.3, 0.4) is 0 Å². The van der Waals surface area contributed by atoms with Crippen LogP contribution < -0.4 is 11.1 Å². The second-order valence-electron chi connectivity index (χ2n) is 4.42. The van der Waals surface area contributed by atoms with E-state index in [4.69, 9.17) is 22.1 Å². The average Bonchev–Trinajstić information content (AvgIpc) is 2.37. The summed E-state index contributed by atoms with van der Waals surface area (Å²) in [5.41, 5.74) is 4.95. The molecule has 0 radical (unpaired) electrons. The second-order valence-corrected chi connectivity index (χ2v) is 4.83. The third-order valence-corrected chi connectivity index (χ3v) is 3.11. The average molecular weight is 311 g/mol. The van der Waals surface area contributed by atoms with Gasteiger partial charge < -0.3 is 15.8 Å². The molecule has 0 aliphatic carbocycles. The number of alkyl halides is 3. The molecular weight excluding hydrogens is 293 g/mol. The zero-order chi connectivity index (χ0) is 15.2. The van der Waals surface area contributed by atoms with Gasteiger partial charge in [-0.2, -0.15) is 13.2 Å². The minimum Gasteiger partial charge on any atom is -0.383 e. The molecule has 1 unspecified atom stereocenters. The molecule has 1 aromatic rings. The van der Waals surface area contributed by atoms with Gasteiger partial charge in [0, 0.05) is 13.2 Å². The summed E-state index contributed by atoms with van der Waals surface area (Å²) < 4.78 is 43.1. The lowest BCUT2D eigenvalue weighted by Crippen LogP contribution is -2.26. The van der Waals surface area contributed by atoms with Crippen LogP contribution in [-0.2, 0) is 10.9 Å². The van der Waals surface area contributed by atoms with Crippen molar-refractivity contribution in [2.45, 2.75) is 25.1 Å². The molecule has 1 atom stereocenters. The summed E-state index contributed by atoms with van der Waals surface area (Å²) in [7, 11) is 1.53. The summed E-state index contributed by atoms with van der Waals surface area (Å²) >= 11 is 5.93. The molecule has 0 fully saturated rings. The molecule has 0 spiro atoms. The molecular formula is C13H18ClF3N2O. The van der Waals surface area contributed by atoms with Gasteiger partial charge in [0.1, 0.15) is 0 Å². The SMILES string of the molecule is COCC(CCCN)Nc1cc(C(F)(F)F)ccc1Cl. The van der Waals surface area contributed by atoms with Gasteiger partial charge in [-0.25, -0.2) is 0 Å². The number of nitrogens with two attached hydrogens (primary N) is 1. The quantitative estimate of drug-likeness (QED) is 0.810. The molecule has 3 N–H and O–H groups in total. The lowest BCUT2D eigenvalue weighted by molar-refractivity contribution is -0.137. The van der Waals surface area contributed by atoms with Crippen LogP contribution in [0.2, 0.25) is 5.02 Å². The zero-order valence-electron chi connectivity index (χ0n) is 11.1. The highest BCUT2D eigenvalue weighted by atomic mass is 35.5. The Bertz CT molecular complexity index is 427. The minimum absolute atomic E-state index is 0.135. The predicted octanol–water partition coefficient (Wildman–Crippen LogP) is 3.52. The van der Waals surface area contributed by atoms with E-state index in [-0.39, 0.29) is 16.8 Å². The Morgan fingerprint density at radius 2 is 2.10 bits per heavy atom. The Labute approximate surface area is 121 Å². The number of halogens is 4. The molecule has 114 valence electrons. The Morgan fingerprint density at radius 1 is 1.40 bits per heavy atom. The maximum atomic E-state index is 12.7. The van der Waals surface area contributed by atoms with E-state index in [2.05, 4.69) is 5.32 Å². The monoisotopic (exact) mass is 310 g/mol. The van der Waals surface area contributed by atoms with Crippen LogP contribution in [0.15, 0.2) is 18.2 Å². The molecule has 0 bridgehead atoms. The van der Waals surface area contributed by atoms with Gasteiger partial charge >= 0.3 is 6.18 Å². The highest BCUT2D eigenvalue weighted by molar-refractivity contribution is 6.33. The van der Waals surface area contributed by atoms with Crippen molar-refractivity contribution in [3.63, 3.8) is 0 Å². The Morgan fingerprint density at radius 3 is 2.65 bits per heavy atom. The molecule has 0 aliphatic heterocycles. The van der Waals surface area contributed by atoms with Crippen LogP contribution in [0, 0.1) is 0 Å². The Hall–Kier alpha value is -0.980. The maximum absolute atomic E-state index is 12.7. The summed E-state index contributed by atoms with van der Waals surface area (Å²) in [5.74, 6) is 0. The van der Waals surface area contributed by atoms with Crippen LogP contribution in [0.1, 0.15) is 18.4 Å². The first kappa shape index (κ1) is 17.1. The molecule has 0 heterocycles. The summed E-state index contributed by atoms with van der Waals surface area (Å²) in [4.78, 5) is 0. The molecule has 0 amide bonds. The number of hydrogen-bond donors (Lipinski definition) is 2. The van der Waals surface area contributed by atoms with Crippen molar-refractivity contribution < 1.29 is 17.9 Å². The van der Waals surface area contributed by atoms with E-state index in [0.717, 1.165) is 18.6 Å². The number of anilines is 1. The topological polar surface area (TPSA) is 47.3 Å². The summed E-state index contributed by atoms with van der Waals surface area (Å²) in [6, 6.07) is 3.07. The molecule has 0 aromatic heterocycles. The van der Waals surface area contributed by atoms with Gasteiger partial charge in [-0.15, -0.1) is 0 Å². The number of benzene rings is 1. The molecule has 7 heteroatoms. The second kappa shape index (κ2) is 7.71. The third-order valence-electron chi connectivity index (χ3n) is 2.78. The largest absolute Gasteiger partial charge is 0.416 e. The van der Waals surface area contributed by atoms with Crippen molar-refractivity contribution in [3.05, 3.63) is 28.8 Å². The van der Waals surface area contributed by atoms with Crippen LogP contribution in [0.4, 0.5) is 18.9 Å². The van der Waals surface area contributed by atoms with Crippen molar-refractivity contribution in [2.75, 3.05) is 25.6 Å². The summed E-state index contributed by atoms with van der Waals surface area (Å²) in [6.45, 7) is 0.880. The van der Waals surface area contributed by atoms with Gasteiger partial charge in [0.2, 0.25) is 0 Å². The predicted molar refractivity (Wildman–Crippen MR) is 74.0 cm³/mol. The Balaban J connectivity index is 2.87. The van der Waals surface area contributed by atoms with Crippen molar-refractivity contribution in [3.8, 4) is 0 Å². The van der Waals surface area contributed by atoms with Crippen molar-refractivity contribution in [1.82, 2.24) is 0 Å². The fourth-order valence-corrected chi connectivity index (χ4v) is 1.97. The van der Waals surface area contributed by atoms with E-state index in [1.54, 1.807) is 0 Å². The van der Waals surface area contributed by atoms with Crippen LogP contribution in [-0.4, -0.2) is 26.3 Å².